The third kappa shape index (κ3) is 3.97. The van der Waals surface area contributed by atoms with E-state index < -0.39 is 0 Å². The van der Waals surface area contributed by atoms with Gasteiger partial charge in [0, 0.05) is 10.7 Å². The van der Waals surface area contributed by atoms with Crippen LogP contribution in [0, 0.1) is 11.3 Å². The molecule has 1 saturated carbocycles. The number of carbonyl (C=O) groups excluding carboxylic acids is 1. The second-order valence-electron chi connectivity index (χ2n) is 6.18. The van der Waals surface area contributed by atoms with Gasteiger partial charge in [0.2, 0.25) is 0 Å². The lowest BCUT2D eigenvalue weighted by Crippen LogP contribution is -2.44. The van der Waals surface area contributed by atoms with Gasteiger partial charge in [-0.25, -0.2) is 0 Å². The summed E-state index contributed by atoms with van der Waals surface area (Å²) in [5.41, 5.74) is 1.36. The van der Waals surface area contributed by atoms with E-state index in [-0.39, 0.29) is 17.0 Å². The summed E-state index contributed by atoms with van der Waals surface area (Å²) >= 11 is 3.32. The van der Waals surface area contributed by atoms with Gasteiger partial charge in [-0.05, 0) is 52.5 Å². The van der Waals surface area contributed by atoms with Crippen LogP contribution in [0.2, 0.25) is 0 Å². The van der Waals surface area contributed by atoms with Gasteiger partial charge < -0.3 is 5.32 Å². The molecule has 5 heteroatoms. The zero-order chi connectivity index (χ0) is 17.7. The van der Waals surface area contributed by atoms with Crippen LogP contribution in [0.5, 0.6) is 0 Å². The number of benzene rings is 1. The lowest BCUT2D eigenvalue weighted by Gasteiger charge is -2.31. The van der Waals surface area contributed by atoms with Crippen molar-refractivity contribution in [1.29, 1.82) is 5.26 Å². The number of hydrogen-bond acceptors (Lipinski definition) is 3. The Bertz CT molecular complexity index is 816. The van der Waals surface area contributed by atoms with Gasteiger partial charge >= 0.3 is 0 Å². The topological polar surface area (TPSA) is 65.8 Å². The summed E-state index contributed by atoms with van der Waals surface area (Å²) in [6, 6.07) is 15.6. The Labute approximate surface area is 155 Å². The normalized spacial score (nSPS) is 16.2. The van der Waals surface area contributed by atoms with Crippen LogP contribution in [0.3, 0.4) is 0 Å². The van der Waals surface area contributed by atoms with Crippen molar-refractivity contribution in [2.45, 2.75) is 31.2 Å². The highest BCUT2D eigenvalue weighted by atomic mass is 79.9. The fraction of sp³-hybridized carbons (Fsp3) is 0.250. The molecule has 1 aliphatic rings. The third-order valence-corrected chi connectivity index (χ3v) is 5.01. The van der Waals surface area contributed by atoms with Gasteiger partial charge in [0.25, 0.3) is 5.91 Å². The molecule has 3 rings (SSSR count). The fourth-order valence-corrected chi connectivity index (χ4v) is 3.51. The van der Waals surface area contributed by atoms with E-state index in [9.17, 15) is 10.1 Å². The van der Waals surface area contributed by atoms with Crippen molar-refractivity contribution in [1.82, 2.24) is 10.3 Å². The maximum atomic E-state index is 12.7. The molecule has 2 aromatic rings. The van der Waals surface area contributed by atoms with Crippen molar-refractivity contribution in [2.75, 3.05) is 0 Å². The molecule has 0 atom stereocenters. The minimum absolute atomic E-state index is 0.0667. The molecule has 0 bridgehead atoms. The van der Waals surface area contributed by atoms with E-state index in [1.165, 1.54) is 6.08 Å². The van der Waals surface area contributed by atoms with E-state index in [1.807, 2.05) is 42.5 Å². The second kappa shape index (κ2) is 7.62. The Balaban J connectivity index is 1.86. The van der Waals surface area contributed by atoms with Gasteiger partial charge in [-0.3, -0.25) is 9.78 Å². The van der Waals surface area contributed by atoms with Crippen LogP contribution >= 0.6 is 15.9 Å². The highest BCUT2D eigenvalue weighted by molar-refractivity contribution is 9.10. The first kappa shape index (κ1) is 17.4. The standard InChI is InChI=1S/C20H18BrN3O/c21-17-8-9-18(23-14-17)12-15(13-22)19(25)24-20(10-4-5-11-20)16-6-2-1-3-7-16/h1-3,6-9,12,14H,4-5,10-11H2,(H,24,25)/b15-12+. The van der Waals surface area contributed by atoms with Crippen molar-refractivity contribution in [2.24, 2.45) is 0 Å². The summed E-state index contributed by atoms with van der Waals surface area (Å²) in [5, 5.41) is 12.5. The van der Waals surface area contributed by atoms with Crippen molar-refractivity contribution in [3.63, 3.8) is 0 Å². The minimum Gasteiger partial charge on any atom is -0.342 e. The highest BCUT2D eigenvalue weighted by Crippen LogP contribution is 2.38. The van der Waals surface area contributed by atoms with Crippen LogP contribution in [-0.2, 0) is 10.3 Å². The molecule has 0 aliphatic heterocycles. The van der Waals surface area contributed by atoms with Crippen molar-refractivity contribution < 1.29 is 4.79 Å². The smallest absolute Gasteiger partial charge is 0.262 e. The third-order valence-electron chi connectivity index (χ3n) is 4.54. The van der Waals surface area contributed by atoms with Crippen LogP contribution in [0.15, 0.2) is 58.7 Å². The largest absolute Gasteiger partial charge is 0.342 e. The first-order valence-corrected chi connectivity index (χ1v) is 9.04. The number of nitrogens with zero attached hydrogens (tertiary/aromatic N) is 2. The zero-order valence-electron chi connectivity index (χ0n) is 13.7. The molecule has 1 heterocycles. The van der Waals surface area contributed by atoms with E-state index in [2.05, 4.69) is 26.2 Å². The molecule has 0 radical (unpaired) electrons. The maximum Gasteiger partial charge on any atom is 0.262 e. The molecule has 0 unspecified atom stereocenters. The van der Waals surface area contributed by atoms with Crippen LogP contribution in [0.25, 0.3) is 6.08 Å². The molecular formula is C20H18BrN3O. The lowest BCUT2D eigenvalue weighted by atomic mass is 9.88. The maximum absolute atomic E-state index is 12.7. The second-order valence-corrected chi connectivity index (χ2v) is 7.10. The summed E-state index contributed by atoms with van der Waals surface area (Å²) < 4.78 is 0.849. The van der Waals surface area contributed by atoms with Crippen LogP contribution < -0.4 is 5.32 Å². The number of pyridine rings is 1. The Morgan fingerprint density at radius 3 is 2.52 bits per heavy atom. The minimum atomic E-state index is -0.387. The highest BCUT2D eigenvalue weighted by Gasteiger charge is 2.37. The monoisotopic (exact) mass is 395 g/mol. The predicted octanol–water partition coefficient (Wildman–Crippen LogP) is 4.34. The van der Waals surface area contributed by atoms with Crippen LogP contribution in [0.4, 0.5) is 0 Å². The molecule has 25 heavy (non-hydrogen) atoms. The van der Waals surface area contributed by atoms with E-state index in [0.717, 1.165) is 35.7 Å². The first-order valence-electron chi connectivity index (χ1n) is 8.24. The lowest BCUT2D eigenvalue weighted by molar-refractivity contribution is -0.119. The molecule has 1 N–H and O–H groups in total. The number of hydrogen-bond donors (Lipinski definition) is 1. The molecule has 1 aromatic heterocycles. The molecule has 1 aromatic carbocycles. The van der Waals surface area contributed by atoms with Gasteiger partial charge in [-0.1, -0.05) is 43.2 Å². The Morgan fingerprint density at radius 2 is 1.92 bits per heavy atom. The summed E-state index contributed by atoms with van der Waals surface area (Å²) in [6.07, 6.45) is 7.07. The molecule has 1 fully saturated rings. The van der Waals surface area contributed by atoms with E-state index in [4.69, 9.17) is 0 Å². The van der Waals surface area contributed by atoms with Gasteiger partial charge in [0.05, 0.1) is 11.2 Å². The summed E-state index contributed by atoms with van der Waals surface area (Å²) in [4.78, 5) is 16.9. The average Bonchev–Trinajstić information content (AvgIpc) is 3.11. The Kier molecular flexibility index (Phi) is 5.30. The van der Waals surface area contributed by atoms with Gasteiger partial charge in [-0.2, -0.15) is 5.26 Å². The van der Waals surface area contributed by atoms with E-state index >= 15 is 0 Å². The Hall–Kier alpha value is -2.45. The van der Waals surface area contributed by atoms with Crippen molar-refractivity contribution in [3.05, 3.63) is 70.0 Å². The van der Waals surface area contributed by atoms with Crippen molar-refractivity contribution in [3.8, 4) is 6.07 Å². The number of halogens is 1. The SMILES string of the molecule is N#C/C(=C\c1ccc(Br)cn1)C(=O)NC1(c2ccccc2)CCCC1. The van der Waals surface area contributed by atoms with E-state index in [0.29, 0.717) is 5.69 Å². The predicted molar refractivity (Wildman–Crippen MR) is 100 cm³/mol. The number of nitriles is 1. The van der Waals surface area contributed by atoms with Crippen LogP contribution in [-0.4, -0.2) is 10.9 Å². The molecule has 4 nitrogen and oxygen atoms in total. The van der Waals surface area contributed by atoms with Gasteiger partial charge in [0.15, 0.2) is 0 Å². The van der Waals surface area contributed by atoms with Gasteiger partial charge in [0.1, 0.15) is 11.6 Å². The average molecular weight is 396 g/mol. The van der Waals surface area contributed by atoms with Gasteiger partial charge in [-0.15, -0.1) is 0 Å². The van der Waals surface area contributed by atoms with Crippen LogP contribution in [0.1, 0.15) is 36.9 Å². The first-order chi connectivity index (χ1) is 12.1. The number of carbonyl (C=O) groups is 1. The summed E-state index contributed by atoms with van der Waals surface area (Å²) in [6.45, 7) is 0. The molecule has 0 saturated heterocycles. The number of nitrogens with one attached hydrogen (secondary N) is 1. The zero-order valence-corrected chi connectivity index (χ0v) is 15.3. The van der Waals surface area contributed by atoms with Crippen molar-refractivity contribution >= 4 is 27.9 Å². The molecule has 126 valence electrons. The molecular weight excluding hydrogens is 378 g/mol. The summed E-state index contributed by atoms with van der Waals surface area (Å²) in [7, 11) is 0. The fourth-order valence-electron chi connectivity index (χ4n) is 3.28. The molecule has 1 aliphatic carbocycles. The van der Waals surface area contributed by atoms with E-state index in [1.54, 1.807) is 12.3 Å². The quantitative estimate of drug-likeness (QED) is 0.618. The number of aromatic nitrogens is 1. The number of rotatable bonds is 4. The molecule has 0 spiro atoms. The Morgan fingerprint density at radius 1 is 1.20 bits per heavy atom. The summed E-state index contributed by atoms with van der Waals surface area (Å²) in [5.74, 6) is -0.349. The molecule has 1 amide bonds. The number of amides is 1.